The van der Waals surface area contributed by atoms with Gasteiger partial charge in [-0.3, -0.25) is 14.4 Å². The van der Waals surface area contributed by atoms with Crippen LogP contribution in [0.1, 0.15) is 45.1 Å². The number of hydrogen-bond acceptors (Lipinski definition) is 5. The summed E-state index contributed by atoms with van der Waals surface area (Å²) in [4.78, 5) is 36.9. The first-order valence-electron chi connectivity index (χ1n) is 10.4. The van der Waals surface area contributed by atoms with Crippen molar-refractivity contribution in [3.63, 3.8) is 0 Å². The van der Waals surface area contributed by atoms with E-state index in [1.54, 1.807) is 18.7 Å². The number of thioether (sulfide) groups is 1. The van der Waals surface area contributed by atoms with Gasteiger partial charge in [-0.2, -0.15) is 11.8 Å². The number of ether oxygens (including phenoxy) is 1. The highest BCUT2D eigenvalue weighted by Gasteiger charge is 2.49. The molecule has 0 radical (unpaired) electrons. The fourth-order valence-corrected chi connectivity index (χ4v) is 4.05. The first-order chi connectivity index (χ1) is 14.1. The zero-order valence-electron chi connectivity index (χ0n) is 17.3. The van der Waals surface area contributed by atoms with Crippen molar-refractivity contribution >= 4 is 29.5 Å². The molecule has 1 aliphatic rings. The molecule has 1 saturated carbocycles. The number of carbonyl (C=O) groups is 3. The Morgan fingerprint density at radius 3 is 2.59 bits per heavy atom. The van der Waals surface area contributed by atoms with E-state index in [-0.39, 0.29) is 29.6 Å². The molecule has 0 saturated heterocycles. The van der Waals surface area contributed by atoms with Gasteiger partial charge in [-0.1, -0.05) is 50.1 Å². The van der Waals surface area contributed by atoms with Crippen molar-refractivity contribution in [3.8, 4) is 0 Å². The third-order valence-corrected chi connectivity index (χ3v) is 5.93. The number of esters is 1. The molecule has 3 atom stereocenters. The van der Waals surface area contributed by atoms with E-state index < -0.39 is 6.04 Å². The van der Waals surface area contributed by atoms with Crippen molar-refractivity contribution in [2.24, 2.45) is 11.8 Å². The molecule has 0 aliphatic heterocycles. The van der Waals surface area contributed by atoms with Gasteiger partial charge < -0.3 is 15.4 Å². The summed E-state index contributed by atoms with van der Waals surface area (Å²) in [6, 6.07) is 9.41. The molecule has 0 unspecified atom stereocenters. The molecule has 6 nitrogen and oxygen atoms in total. The van der Waals surface area contributed by atoms with Crippen LogP contribution in [-0.2, 0) is 24.9 Å². The summed E-state index contributed by atoms with van der Waals surface area (Å²) in [5, 5.41) is 5.78. The summed E-state index contributed by atoms with van der Waals surface area (Å²) in [5.41, 5.74) is 1.18. The molecule has 2 amide bonds. The molecule has 2 N–H and O–H groups in total. The zero-order chi connectivity index (χ0) is 21.1. The zero-order valence-corrected chi connectivity index (χ0v) is 18.1. The third-order valence-electron chi connectivity index (χ3n) is 4.83. The van der Waals surface area contributed by atoms with Crippen LogP contribution in [-0.4, -0.2) is 42.7 Å². The lowest BCUT2D eigenvalue weighted by atomic mass is 10.2. The van der Waals surface area contributed by atoms with Crippen LogP contribution in [0.25, 0.3) is 0 Å². The SMILES string of the molecule is CCCCCNC(=O)[C@H](CSCc1ccccc1)NC(=O)[C@H]1C[C@@H]1C(=O)OCC. The topological polar surface area (TPSA) is 84.5 Å². The molecule has 1 aromatic rings. The summed E-state index contributed by atoms with van der Waals surface area (Å²) in [7, 11) is 0. The summed E-state index contributed by atoms with van der Waals surface area (Å²) < 4.78 is 4.99. The Bertz CT molecular complexity index is 668. The molecule has 7 heteroatoms. The average Bonchev–Trinajstić information content (AvgIpc) is 3.52. The Hall–Kier alpha value is -2.02. The van der Waals surface area contributed by atoms with Crippen LogP contribution in [0.15, 0.2) is 30.3 Å². The van der Waals surface area contributed by atoms with E-state index >= 15 is 0 Å². The van der Waals surface area contributed by atoms with Gasteiger partial charge in [0.2, 0.25) is 11.8 Å². The summed E-state index contributed by atoms with van der Waals surface area (Å²) in [6.07, 6.45) is 3.56. The van der Waals surface area contributed by atoms with Crippen LogP contribution >= 0.6 is 11.8 Å². The van der Waals surface area contributed by atoms with E-state index in [0.29, 0.717) is 25.3 Å². The van der Waals surface area contributed by atoms with Crippen LogP contribution in [0.2, 0.25) is 0 Å². The van der Waals surface area contributed by atoms with Gasteiger partial charge in [0.1, 0.15) is 6.04 Å². The van der Waals surface area contributed by atoms with Crippen LogP contribution in [0.5, 0.6) is 0 Å². The first kappa shape index (κ1) is 23.3. The number of nitrogens with one attached hydrogen (secondary N) is 2. The minimum Gasteiger partial charge on any atom is -0.466 e. The maximum Gasteiger partial charge on any atom is 0.309 e. The second-order valence-corrected chi connectivity index (χ2v) is 8.29. The van der Waals surface area contributed by atoms with Gasteiger partial charge in [-0.15, -0.1) is 0 Å². The first-order valence-corrected chi connectivity index (χ1v) is 11.6. The Morgan fingerprint density at radius 2 is 1.90 bits per heavy atom. The van der Waals surface area contributed by atoms with Crippen molar-refractivity contribution in [3.05, 3.63) is 35.9 Å². The monoisotopic (exact) mass is 420 g/mol. The number of unbranched alkanes of at least 4 members (excludes halogenated alkanes) is 2. The van der Waals surface area contributed by atoms with E-state index in [4.69, 9.17) is 4.74 Å². The number of benzene rings is 1. The third kappa shape index (κ3) is 8.09. The van der Waals surface area contributed by atoms with Crippen molar-refractivity contribution < 1.29 is 19.1 Å². The molecule has 1 fully saturated rings. The predicted octanol–water partition coefficient (Wildman–Crippen LogP) is 2.91. The summed E-state index contributed by atoms with van der Waals surface area (Å²) in [5.74, 6) is -0.238. The standard InChI is InChI=1S/C22H32N2O4S/c1-3-5-9-12-23-21(26)19(15-29-14-16-10-7-6-8-11-16)24-20(25)17-13-18(17)22(27)28-4-2/h6-8,10-11,17-19H,3-5,9,12-15H2,1-2H3,(H,23,26)(H,24,25)/t17-,18-,19-/m0/s1. The van der Waals surface area contributed by atoms with Gasteiger partial charge in [-0.05, 0) is 25.3 Å². The van der Waals surface area contributed by atoms with Crippen molar-refractivity contribution in [1.82, 2.24) is 10.6 Å². The molecule has 0 spiro atoms. The fraction of sp³-hybridized carbons (Fsp3) is 0.591. The highest BCUT2D eigenvalue weighted by molar-refractivity contribution is 7.98. The maximum atomic E-state index is 12.6. The predicted molar refractivity (Wildman–Crippen MR) is 115 cm³/mol. The van der Waals surface area contributed by atoms with Gasteiger partial charge in [0.05, 0.1) is 18.4 Å². The normalized spacial score (nSPS) is 18.6. The summed E-state index contributed by atoms with van der Waals surface area (Å²) >= 11 is 1.61. The molecule has 1 aliphatic carbocycles. The van der Waals surface area contributed by atoms with E-state index in [1.807, 2.05) is 30.3 Å². The number of rotatable bonds is 13. The van der Waals surface area contributed by atoms with Crippen LogP contribution < -0.4 is 10.6 Å². The molecular formula is C22H32N2O4S. The van der Waals surface area contributed by atoms with E-state index in [2.05, 4.69) is 17.6 Å². The molecule has 1 aromatic carbocycles. The molecular weight excluding hydrogens is 388 g/mol. The maximum absolute atomic E-state index is 12.6. The van der Waals surface area contributed by atoms with Gasteiger partial charge in [-0.25, -0.2) is 0 Å². The van der Waals surface area contributed by atoms with Gasteiger partial charge in [0, 0.05) is 18.1 Å². The lowest BCUT2D eigenvalue weighted by Crippen LogP contribution is -2.49. The molecule has 0 bridgehead atoms. The Morgan fingerprint density at radius 1 is 1.14 bits per heavy atom. The minimum atomic E-state index is -0.610. The molecule has 160 valence electrons. The highest BCUT2D eigenvalue weighted by atomic mass is 32.2. The Balaban J connectivity index is 1.86. The van der Waals surface area contributed by atoms with Crippen LogP contribution in [0.3, 0.4) is 0 Å². The molecule has 29 heavy (non-hydrogen) atoms. The van der Waals surface area contributed by atoms with Crippen LogP contribution in [0.4, 0.5) is 0 Å². The van der Waals surface area contributed by atoms with Gasteiger partial charge in [0.25, 0.3) is 0 Å². The number of hydrogen-bond donors (Lipinski definition) is 2. The molecule has 0 aromatic heterocycles. The second kappa shape index (κ2) is 12.5. The van der Waals surface area contributed by atoms with E-state index in [0.717, 1.165) is 25.0 Å². The lowest BCUT2D eigenvalue weighted by Gasteiger charge is -2.18. The largest absolute Gasteiger partial charge is 0.466 e. The number of carbonyl (C=O) groups excluding carboxylic acids is 3. The smallest absolute Gasteiger partial charge is 0.309 e. The second-order valence-electron chi connectivity index (χ2n) is 7.26. The fourth-order valence-electron chi connectivity index (χ4n) is 3.03. The molecule has 2 rings (SSSR count). The number of amides is 2. The van der Waals surface area contributed by atoms with E-state index in [1.165, 1.54) is 5.56 Å². The van der Waals surface area contributed by atoms with Crippen molar-refractivity contribution in [2.75, 3.05) is 18.9 Å². The van der Waals surface area contributed by atoms with Gasteiger partial charge in [0.15, 0.2) is 0 Å². The lowest BCUT2D eigenvalue weighted by molar-refractivity contribution is -0.146. The van der Waals surface area contributed by atoms with E-state index in [9.17, 15) is 14.4 Å². The van der Waals surface area contributed by atoms with Crippen molar-refractivity contribution in [2.45, 2.75) is 51.3 Å². The van der Waals surface area contributed by atoms with Crippen LogP contribution in [0, 0.1) is 11.8 Å². The Kier molecular flexibility index (Phi) is 10.0. The summed E-state index contributed by atoms with van der Waals surface area (Å²) in [6.45, 7) is 4.78. The van der Waals surface area contributed by atoms with Crippen molar-refractivity contribution in [1.29, 1.82) is 0 Å². The average molecular weight is 421 g/mol. The highest BCUT2D eigenvalue weighted by Crippen LogP contribution is 2.39. The Labute approximate surface area is 177 Å². The van der Waals surface area contributed by atoms with Gasteiger partial charge >= 0.3 is 5.97 Å². The minimum absolute atomic E-state index is 0.164. The molecule has 0 heterocycles. The quantitative estimate of drug-likeness (QED) is 0.379.